The van der Waals surface area contributed by atoms with Gasteiger partial charge in [-0.1, -0.05) is 0 Å². The summed E-state index contributed by atoms with van der Waals surface area (Å²) in [5.41, 5.74) is 0. The van der Waals surface area contributed by atoms with Crippen molar-refractivity contribution in [2.24, 2.45) is 0 Å². The SMILES string of the molecule is O.O.O.[Na+].[Sb]. The first-order chi connectivity index (χ1) is 0. The number of hydrogen-bond donors (Lipinski definition) is 0. The molecule has 0 aliphatic heterocycles. The van der Waals surface area contributed by atoms with Crippen molar-refractivity contribution in [3.63, 3.8) is 0 Å². The zero-order valence-corrected chi connectivity index (χ0v) is 7.50. The quantitative estimate of drug-likeness (QED) is 0.347. The molecular weight excluding hydrogens is 193 g/mol. The first-order valence-electron chi connectivity index (χ1n) is 0. The van der Waals surface area contributed by atoms with Gasteiger partial charge in [-0.05, 0) is 0 Å². The maximum atomic E-state index is 0. The van der Waals surface area contributed by atoms with Crippen molar-refractivity contribution >= 4 is 24.4 Å². The third-order valence-electron chi connectivity index (χ3n) is 0. The Balaban J connectivity index is 0. The van der Waals surface area contributed by atoms with Gasteiger partial charge in [0.1, 0.15) is 0 Å². The maximum Gasteiger partial charge on any atom is 1.00 e. The molecule has 0 atom stereocenters. The Labute approximate surface area is 69.8 Å². The van der Waals surface area contributed by atoms with Crippen molar-refractivity contribution < 1.29 is 46.0 Å². The van der Waals surface area contributed by atoms with Crippen LogP contribution in [0.1, 0.15) is 0 Å². The Kier molecular flexibility index (Phi) is 658. The normalized spacial score (nSPS) is 0. The Morgan fingerprint density at radius 2 is 0.600 bits per heavy atom. The predicted octanol–water partition coefficient (Wildman–Crippen LogP) is -5.85. The van der Waals surface area contributed by atoms with Crippen molar-refractivity contribution in [2.45, 2.75) is 0 Å². The molecule has 3 radical (unpaired) electrons. The molecule has 0 fully saturated rings. The van der Waals surface area contributed by atoms with Gasteiger partial charge in [0, 0.05) is 24.4 Å². The van der Waals surface area contributed by atoms with Gasteiger partial charge in [0.2, 0.25) is 0 Å². The Hall–Kier alpha value is 1.70. The number of rotatable bonds is 0. The molecule has 0 saturated carbocycles. The molecule has 3 nitrogen and oxygen atoms in total. The average Bonchev–Trinajstić information content (AvgIpc) is 0. The summed E-state index contributed by atoms with van der Waals surface area (Å²) in [6, 6.07) is 0. The van der Waals surface area contributed by atoms with Crippen molar-refractivity contribution in [3.05, 3.63) is 0 Å². The van der Waals surface area contributed by atoms with Gasteiger partial charge < -0.3 is 16.4 Å². The van der Waals surface area contributed by atoms with Gasteiger partial charge >= 0.3 is 29.6 Å². The van der Waals surface area contributed by atoms with Crippen LogP contribution in [0.2, 0.25) is 0 Å². The van der Waals surface area contributed by atoms with E-state index in [1.807, 2.05) is 0 Å². The average molecular weight is 199 g/mol. The fourth-order valence-corrected chi connectivity index (χ4v) is 0. The summed E-state index contributed by atoms with van der Waals surface area (Å²) in [6.07, 6.45) is 0. The standard InChI is InChI=1S/Na.3H2O.Sb/h;3*1H2;/q+1;;;;. The summed E-state index contributed by atoms with van der Waals surface area (Å²) >= 11 is 0. The topological polar surface area (TPSA) is 94.5 Å². The van der Waals surface area contributed by atoms with Gasteiger partial charge in [-0.2, -0.15) is 0 Å². The van der Waals surface area contributed by atoms with Crippen LogP contribution in [-0.4, -0.2) is 40.9 Å². The molecule has 5 heteroatoms. The Morgan fingerprint density at radius 3 is 0.600 bits per heavy atom. The van der Waals surface area contributed by atoms with E-state index in [9.17, 15) is 0 Å². The first-order valence-corrected chi connectivity index (χ1v) is 0. The smallest absolute Gasteiger partial charge is 0.412 e. The van der Waals surface area contributed by atoms with E-state index < -0.39 is 0 Å². The summed E-state index contributed by atoms with van der Waals surface area (Å²) in [6.45, 7) is 0. The van der Waals surface area contributed by atoms with E-state index >= 15 is 0 Å². The van der Waals surface area contributed by atoms with E-state index in [-0.39, 0.29) is 70.4 Å². The zero-order chi connectivity index (χ0) is 0. The van der Waals surface area contributed by atoms with E-state index in [0.717, 1.165) is 0 Å². The molecule has 29 valence electrons. The van der Waals surface area contributed by atoms with Crippen LogP contribution in [0.5, 0.6) is 0 Å². The maximum absolute atomic E-state index is 0. The van der Waals surface area contributed by atoms with Crippen molar-refractivity contribution in [1.29, 1.82) is 0 Å². The van der Waals surface area contributed by atoms with Crippen LogP contribution in [0.15, 0.2) is 0 Å². The predicted molar refractivity (Wildman–Crippen MR) is 16.6 cm³/mol. The summed E-state index contributed by atoms with van der Waals surface area (Å²) in [7, 11) is 0. The van der Waals surface area contributed by atoms with Crippen molar-refractivity contribution in [1.82, 2.24) is 0 Å². The second-order valence-electron chi connectivity index (χ2n) is 0. The second kappa shape index (κ2) is 43.6. The molecule has 6 N–H and O–H groups in total. The molecule has 0 bridgehead atoms. The third kappa shape index (κ3) is 27.0. The molecule has 0 aromatic heterocycles. The molecule has 0 aliphatic rings. The fraction of sp³-hybridized carbons (Fsp3) is 0. The molecular formula is H6NaO3Sb+. The van der Waals surface area contributed by atoms with Crippen LogP contribution >= 0.6 is 0 Å². The molecule has 0 spiro atoms. The van der Waals surface area contributed by atoms with Gasteiger partial charge in [0.25, 0.3) is 0 Å². The van der Waals surface area contributed by atoms with Crippen molar-refractivity contribution in [2.75, 3.05) is 0 Å². The van der Waals surface area contributed by atoms with E-state index in [4.69, 9.17) is 0 Å². The van der Waals surface area contributed by atoms with Crippen LogP contribution < -0.4 is 29.6 Å². The summed E-state index contributed by atoms with van der Waals surface area (Å²) in [5, 5.41) is 0. The zero-order valence-electron chi connectivity index (χ0n) is 2.95. The van der Waals surface area contributed by atoms with E-state index in [1.54, 1.807) is 0 Å². The van der Waals surface area contributed by atoms with Crippen LogP contribution in [0, 0.1) is 0 Å². The molecule has 0 saturated heterocycles. The second-order valence-corrected chi connectivity index (χ2v) is 0. The van der Waals surface area contributed by atoms with Gasteiger partial charge in [-0.3, -0.25) is 0 Å². The minimum absolute atomic E-state index is 0. The summed E-state index contributed by atoms with van der Waals surface area (Å²) in [5.74, 6) is 0. The van der Waals surface area contributed by atoms with Gasteiger partial charge in [-0.15, -0.1) is 0 Å². The Bertz CT molecular complexity index is 6.85. The van der Waals surface area contributed by atoms with Crippen LogP contribution in [0.4, 0.5) is 0 Å². The molecule has 0 unspecified atom stereocenters. The largest absolute Gasteiger partial charge is 1.00 e. The molecule has 0 aromatic carbocycles. The summed E-state index contributed by atoms with van der Waals surface area (Å²) < 4.78 is 0. The van der Waals surface area contributed by atoms with Gasteiger partial charge in [0.15, 0.2) is 0 Å². The van der Waals surface area contributed by atoms with Crippen LogP contribution in [0.3, 0.4) is 0 Å². The molecule has 5 heavy (non-hydrogen) atoms. The molecule has 0 amide bonds. The molecule has 0 rings (SSSR count). The van der Waals surface area contributed by atoms with E-state index in [0.29, 0.717) is 0 Å². The minimum Gasteiger partial charge on any atom is -0.412 e. The summed E-state index contributed by atoms with van der Waals surface area (Å²) in [4.78, 5) is 0. The van der Waals surface area contributed by atoms with Gasteiger partial charge in [-0.25, -0.2) is 0 Å². The van der Waals surface area contributed by atoms with E-state index in [1.165, 1.54) is 0 Å². The van der Waals surface area contributed by atoms with Crippen LogP contribution in [0.25, 0.3) is 0 Å². The van der Waals surface area contributed by atoms with Crippen molar-refractivity contribution in [3.8, 4) is 0 Å². The monoisotopic (exact) mass is 198 g/mol. The molecule has 0 aliphatic carbocycles. The van der Waals surface area contributed by atoms with E-state index in [2.05, 4.69) is 0 Å². The fourth-order valence-electron chi connectivity index (χ4n) is 0. The molecule has 0 heterocycles. The number of hydrogen-bond acceptors (Lipinski definition) is 0. The minimum atomic E-state index is 0. The van der Waals surface area contributed by atoms with Crippen LogP contribution in [-0.2, 0) is 0 Å². The van der Waals surface area contributed by atoms with Gasteiger partial charge in [0.05, 0.1) is 0 Å². The molecule has 0 aromatic rings. The third-order valence-corrected chi connectivity index (χ3v) is 0. The Morgan fingerprint density at radius 1 is 0.600 bits per heavy atom. The first kappa shape index (κ1) is 75.4.